The number of esters is 1. The van der Waals surface area contributed by atoms with Crippen molar-refractivity contribution in [3.8, 4) is 0 Å². The lowest BCUT2D eigenvalue weighted by Crippen LogP contribution is -2.16. The van der Waals surface area contributed by atoms with Gasteiger partial charge in [0.05, 0.1) is 17.1 Å². The Hall–Kier alpha value is -1.11. The monoisotopic (exact) mass is 319 g/mol. The molecule has 0 bridgehead atoms. The van der Waals surface area contributed by atoms with Gasteiger partial charge in [-0.2, -0.15) is 0 Å². The van der Waals surface area contributed by atoms with Gasteiger partial charge in [0.2, 0.25) is 10.0 Å². The molecule has 0 aliphatic heterocycles. The van der Waals surface area contributed by atoms with Crippen LogP contribution in [0, 0.1) is 12.8 Å². The molecule has 0 atom stereocenters. The summed E-state index contributed by atoms with van der Waals surface area (Å²) in [6.07, 6.45) is 0.730. The average Bonchev–Trinajstić information content (AvgIpc) is 2.30. The van der Waals surface area contributed by atoms with E-state index in [4.69, 9.17) is 21.5 Å². The van der Waals surface area contributed by atoms with Crippen LogP contribution in [0.25, 0.3) is 0 Å². The van der Waals surface area contributed by atoms with Crippen molar-refractivity contribution in [1.82, 2.24) is 0 Å². The first-order valence-electron chi connectivity index (χ1n) is 6.13. The molecule has 20 heavy (non-hydrogen) atoms. The van der Waals surface area contributed by atoms with E-state index in [1.54, 1.807) is 0 Å². The van der Waals surface area contributed by atoms with E-state index >= 15 is 0 Å². The van der Waals surface area contributed by atoms with Gasteiger partial charge in [-0.1, -0.05) is 25.4 Å². The first-order valence-corrected chi connectivity index (χ1v) is 8.05. The third kappa shape index (κ3) is 4.47. The van der Waals surface area contributed by atoms with Crippen LogP contribution >= 0.6 is 11.6 Å². The Labute approximate surface area is 124 Å². The number of carbonyl (C=O) groups is 1. The van der Waals surface area contributed by atoms with E-state index in [2.05, 4.69) is 0 Å². The van der Waals surface area contributed by atoms with Crippen LogP contribution in [-0.2, 0) is 14.8 Å². The quantitative estimate of drug-likeness (QED) is 0.845. The van der Waals surface area contributed by atoms with Gasteiger partial charge in [-0.25, -0.2) is 18.4 Å². The van der Waals surface area contributed by atoms with Crippen molar-refractivity contribution in [1.29, 1.82) is 0 Å². The molecule has 112 valence electrons. The molecule has 0 saturated heterocycles. The second kappa shape index (κ2) is 6.56. The van der Waals surface area contributed by atoms with Crippen molar-refractivity contribution in [2.24, 2.45) is 11.1 Å². The molecule has 1 rings (SSSR count). The smallest absolute Gasteiger partial charge is 0.338 e. The van der Waals surface area contributed by atoms with Gasteiger partial charge in [-0.3, -0.25) is 0 Å². The third-order valence-corrected chi connectivity index (χ3v) is 4.20. The number of halogens is 1. The molecule has 5 nitrogen and oxygen atoms in total. The summed E-state index contributed by atoms with van der Waals surface area (Å²) < 4.78 is 28.0. The van der Waals surface area contributed by atoms with E-state index in [0.717, 1.165) is 6.42 Å². The molecule has 1 aromatic carbocycles. The summed E-state index contributed by atoms with van der Waals surface area (Å²) in [6.45, 7) is 5.81. The van der Waals surface area contributed by atoms with Crippen LogP contribution in [0.4, 0.5) is 0 Å². The Morgan fingerprint density at radius 2 is 2.00 bits per heavy atom. The average molecular weight is 320 g/mol. The first kappa shape index (κ1) is 16.9. The van der Waals surface area contributed by atoms with Crippen LogP contribution in [0.2, 0.25) is 5.02 Å². The van der Waals surface area contributed by atoms with Crippen LogP contribution in [0.15, 0.2) is 17.0 Å². The molecular formula is C13H18ClNO4S. The van der Waals surface area contributed by atoms with Gasteiger partial charge >= 0.3 is 5.97 Å². The molecule has 0 unspecified atom stereocenters. The number of hydrogen-bond acceptors (Lipinski definition) is 4. The van der Waals surface area contributed by atoms with Crippen LogP contribution in [0.3, 0.4) is 0 Å². The molecule has 2 N–H and O–H groups in total. The SMILES string of the molecule is Cc1c(Cl)cc(C(=O)OCCC(C)C)cc1S(N)(=O)=O. The summed E-state index contributed by atoms with van der Waals surface area (Å²) >= 11 is 5.93. The summed E-state index contributed by atoms with van der Waals surface area (Å²) in [5.74, 6) is -0.207. The fourth-order valence-corrected chi connectivity index (χ4v) is 2.64. The van der Waals surface area contributed by atoms with Crippen LogP contribution in [0.5, 0.6) is 0 Å². The van der Waals surface area contributed by atoms with Crippen molar-refractivity contribution in [3.63, 3.8) is 0 Å². The van der Waals surface area contributed by atoms with Gasteiger partial charge in [0, 0.05) is 5.02 Å². The number of rotatable bonds is 5. The Kier molecular flexibility index (Phi) is 5.56. The summed E-state index contributed by atoms with van der Waals surface area (Å²) in [5, 5.41) is 5.26. The highest BCUT2D eigenvalue weighted by atomic mass is 35.5. The van der Waals surface area contributed by atoms with Crippen molar-refractivity contribution in [3.05, 3.63) is 28.3 Å². The number of nitrogens with two attached hydrogens (primary N) is 1. The Bertz CT molecular complexity index is 611. The van der Waals surface area contributed by atoms with Gasteiger partial charge < -0.3 is 4.74 Å². The maximum atomic E-state index is 11.9. The van der Waals surface area contributed by atoms with Gasteiger partial charge in [-0.15, -0.1) is 0 Å². The molecule has 1 aromatic rings. The summed E-state index contributed by atoms with van der Waals surface area (Å²) in [5.41, 5.74) is 0.390. The highest BCUT2D eigenvalue weighted by Crippen LogP contribution is 2.25. The fourth-order valence-electron chi connectivity index (χ4n) is 1.54. The summed E-state index contributed by atoms with van der Waals surface area (Å²) in [4.78, 5) is 11.7. The lowest BCUT2D eigenvalue weighted by molar-refractivity contribution is 0.0488. The van der Waals surface area contributed by atoms with Crippen molar-refractivity contribution < 1.29 is 17.9 Å². The van der Waals surface area contributed by atoms with Crippen LogP contribution < -0.4 is 5.14 Å². The number of hydrogen-bond donors (Lipinski definition) is 1. The number of benzene rings is 1. The van der Waals surface area contributed by atoms with E-state index in [0.29, 0.717) is 11.5 Å². The fraction of sp³-hybridized carbons (Fsp3) is 0.462. The summed E-state index contributed by atoms with van der Waals surface area (Å²) in [7, 11) is -3.94. The topological polar surface area (TPSA) is 86.5 Å². The van der Waals surface area contributed by atoms with E-state index in [-0.39, 0.29) is 22.1 Å². The zero-order valence-electron chi connectivity index (χ0n) is 11.6. The van der Waals surface area contributed by atoms with Crippen LogP contribution in [0.1, 0.15) is 36.2 Å². The molecule has 0 aliphatic rings. The van der Waals surface area contributed by atoms with Gasteiger partial charge in [0.1, 0.15) is 0 Å². The predicted octanol–water partition coefficient (Wildman–Crippen LogP) is 2.50. The molecule has 0 aliphatic carbocycles. The number of primary sulfonamides is 1. The molecule has 7 heteroatoms. The lowest BCUT2D eigenvalue weighted by atomic mass is 10.1. The van der Waals surface area contributed by atoms with E-state index in [1.165, 1.54) is 19.1 Å². The lowest BCUT2D eigenvalue weighted by Gasteiger charge is -2.10. The molecule has 0 heterocycles. The minimum absolute atomic E-state index is 0.0772. The molecule has 0 amide bonds. The largest absolute Gasteiger partial charge is 0.462 e. The maximum Gasteiger partial charge on any atom is 0.338 e. The Balaban J connectivity index is 3.03. The van der Waals surface area contributed by atoms with E-state index in [9.17, 15) is 13.2 Å². The second-order valence-electron chi connectivity index (χ2n) is 4.94. The molecular weight excluding hydrogens is 302 g/mol. The van der Waals surface area contributed by atoms with E-state index < -0.39 is 16.0 Å². The normalized spacial score (nSPS) is 11.7. The first-order chi connectivity index (χ1) is 9.12. The summed E-state index contributed by atoms with van der Waals surface area (Å²) in [6, 6.07) is 2.57. The maximum absolute atomic E-state index is 11.9. The highest BCUT2D eigenvalue weighted by molar-refractivity contribution is 7.89. The van der Waals surface area contributed by atoms with Gasteiger partial charge in [0.25, 0.3) is 0 Å². The number of carbonyl (C=O) groups excluding carboxylic acids is 1. The second-order valence-corrected chi connectivity index (χ2v) is 6.88. The van der Waals surface area contributed by atoms with Gasteiger partial charge in [-0.05, 0) is 37.0 Å². The zero-order chi connectivity index (χ0) is 15.5. The van der Waals surface area contributed by atoms with Crippen molar-refractivity contribution in [2.45, 2.75) is 32.1 Å². The molecule has 0 aromatic heterocycles. The van der Waals surface area contributed by atoms with Gasteiger partial charge in [0.15, 0.2) is 0 Å². The van der Waals surface area contributed by atoms with Crippen LogP contribution in [-0.4, -0.2) is 21.0 Å². The Morgan fingerprint density at radius 1 is 1.40 bits per heavy atom. The Morgan fingerprint density at radius 3 is 2.50 bits per heavy atom. The molecule has 0 radical (unpaired) electrons. The standard InChI is InChI=1S/C13H18ClNO4S/c1-8(2)4-5-19-13(16)10-6-11(14)9(3)12(7-10)20(15,17)18/h6-8H,4-5H2,1-3H3,(H2,15,17,18). The number of sulfonamides is 1. The molecule has 0 fully saturated rings. The molecule has 0 spiro atoms. The zero-order valence-corrected chi connectivity index (χ0v) is 13.2. The minimum Gasteiger partial charge on any atom is -0.462 e. The van der Waals surface area contributed by atoms with Crippen molar-refractivity contribution >= 4 is 27.6 Å². The highest BCUT2D eigenvalue weighted by Gasteiger charge is 2.19. The minimum atomic E-state index is -3.94. The van der Waals surface area contributed by atoms with E-state index in [1.807, 2.05) is 13.8 Å². The van der Waals surface area contributed by atoms with Crippen molar-refractivity contribution in [2.75, 3.05) is 6.61 Å². The number of ether oxygens (including phenoxy) is 1. The molecule has 0 saturated carbocycles. The predicted molar refractivity (Wildman–Crippen MR) is 77.3 cm³/mol. The third-order valence-electron chi connectivity index (χ3n) is 2.77.